The molecule has 0 aromatic rings. The maximum absolute atomic E-state index is 6.06. The zero-order valence-corrected chi connectivity index (χ0v) is 11.5. The molecule has 0 aliphatic carbocycles. The molecule has 1 heterocycles. The van der Waals surface area contributed by atoms with E-state index in [1.54, 1.807) is 0 Å². The molecular formula is C13H27NO. The first-order valence-corrected chi connectivity index (χ1v) is 5.92. The molecule has 0 atom stereocenters. The molecule has 1 aliphatic heterocycles. The van der Waals surface area contributed by atoms with Crippen molar-refractivity contribution in [1.82, 2.24) is 4.90 Å². The Labute approximate surface area is 95.0 Å². The average molecular weight is 213 g/mol. The van der Waals surface area contributed by atoms with E-state index in [9.17, 15) is 0 Å². The molecular weight excluding hydrogens is 186 g/mol. The van der Waals surface area contributed by atoms with E-state index in [1.165, 1.54) is 0 Å². The van der Waals surface area contributed by atoms with E-state index in [0.717, 1.165) is 19.6 Å². The van der Waals surface area contributed by atoms with Crippen molar-refractivity contribution in [2.45, 2.75) is 59.7 Å². The number of nitrogens with zero attached hydrogens (tertiary/aromatic N) is 1. The minimum atomic E-state index is -0.0252. The largest absolute Gasteiger partial charge is 0.367 e. The lowest BCUT2D eigenvalue weighted by atomic mass is 9.89. The molecule has 0 radical (unpaired) electrons. The quantitative estimate of drug-likeness (QED) is 0.699. The summed E-state index contributed by atoms with van der Waals surface area (Å²) in [5, 5.41) is 0. The SMILES string of the molecule is CC(C)(C)CN1CC(C)(OC(C)(C)C)C1. The monoisotopic (exact) mass is 213 g/mol. The summed E-state index contributed by atoms with van der Waals surface area (Å²) < 4.78 is 6.06. The Morgan fingerprint density at radius 2 is 1.53 bits per heavy atom. The summed E-state index contributed by atoms with van der Waals surface area (Å²) in [5.74, 6) is 0. The molecule has 2 heteroatoms. The van der Waals surface area contributed by atoms with Gasteiger partial charge < -0.3 is 4.74 Å². The first-order chi connectivity index (χ1) is 6.49. The molecule has 1 rings (SSSR count). The van der Waals surface area contributed by atoms with Crippen LogP contribution < -0.4 is 0 Å². The molecule has 0 bridgehead atoms. The Morgan fingerprint density at radius 3 is 1.87 bits per heavy atom. The Hall–Kier alpha value is -0.0800. The Kier molecular flexibility index (Phi) is 3.24. The molecule has 1 aliphatic rings. The second kappa shape index (κ2) is 3.74. The molecule has 0 N–H and O–H groups in total. The summed E-state index contributed by atoms with van der Waals surface area (Å²) >= 11 is 0. The first kappa shape index (κ1) is 13.0. The molecule has 0 aromatic heterocycles. The van der Waals surface area contributed by atoms with E-state index < -0.39 is 0 Å². The normalized spacial score (nSPS) is 22.6. The smallest absolute Gasteiger partial charge is 0.0914 e. The Morgan fingerprint density at radius 1 is 1.07 bits per heavy atom. The van der Waals surface area contributed by atoms with Gasteiger partial charge in [0.15, 0.2) is 0 Å². The highest BCUT2D eigenvalue weighted by atomic mass is 16.5. The van der Waals surface area contributed by atoms with Gasteiger partial charge in [-0.3, -0.25) is 4.90 Å². The molecule has 0 spiro atoms. The molecule has 0 saturated carbocycles. The summed E-state index contributed by atoms with van der Waals surface area (Å²) in [6.07, 6.45) is 0. The van der Waals surface area contributed by atoms with Crippen molar-refractivity contribution in [3.63, 3.8) is 0 Å². The van der Waals surface area contributed by atoms with Gasteiger partial charge in [0.25, 0.3) is 0 Å². The number of likely N-dealkylation sites (tertiary alicyclic amines) is 1. The highest BCUT2D eigenvalue weighted by Gasteiger charge is 2.43. The summed E-state index contributed by atoms with van der Waals surface area (Å²) in [5.41, 5.74) is 0.440. The zero-order chi connectivity index (χ0) is 11.9. The molecule has 0 amide bonds. The van der Waals surface area contributed by atoms with Gasteiger partial charge in [-0.15, -0.1) is 0 Å². The van der Waals surface area contributed by atoms with Crippen LogP contribution in [0.15, 0.2) is 0 Å². The van der Waals surface area contributed by atoms with Gasteiger partial charge in [0.05, 0.1) is 11.2 Å². The summed E-state index contributed by atoms with van der Waals surface area (Å²) in [6, 6.07) is 0. The fraction of sp³-hybridized carbons (Fsp3) is 1.00. The van der Waals surface area contributed by atoms with Gasteiger partial charge in [0.1, 0.15) is 0 Å². The van der Waals surface area contributed by atoms with Crippen molar-refractivity contribution in [2.75, 3.05) is 19.6 Å². The molecule has 90 valence electrons. The second-order valence-corrected chi connectivity index (χ2v) is 7.37. The van der Waals surface area contributed by atoms with Crippen LogP contribution in [0, 0.1) is 5.41 Å². The van der Waals surface area contributed by atoms with Gasteiger partial charge in [-0.1, -0.05) is 20.8 Å². The molecule has 1 saturated heterocycles. The maximum atomic E-state index is 6.06. The number of hydrogen-bond donors (Lipinski definition) is 0. The molecule has 0 aromatic carbocycles. The predicted molar refractivity (Wildman–Crippen MR) is 65.1 cm³/mol. The summed E-state index contributed by atoms with van der Waals surface area (Å²) in [7, 11) is 0. The lowest BCUT2D eigenvalue weighted by molar-refractivity contribution is -0.193. The van der Waals surface area contributed by atoms with Gasteiger partial charge in [-0.25, -0.2) is 0 Å². The van der Waals surface area contributed by atoms with E-state index in [2.05, 4.69) is 53.4 Å². The van der Waals surface area contributed by atoms with Crippen LogP contribution in [0.1, 0.15) is 48.5 Å². The van der Waals surface area contributed by atoms with Crippen molar-refractivity contribution in [3.8, 4) is 0 Å². The van der Waals surface area contributed by atoms with Crippen LogP contribution in [0.4, 0.5) is 0 Å². The van der Waals surface area contributed by atoms with E-state index >= 15 is 0 Å². The van der Waals surface area contributed by atoms with E-state index in [4.69, 9.17) is 4.74 Å². The highest BCUT2D eigenvalue weighted by molar-refractivity contribution is 4.96. The minimum Gasteiger partial charge on any atom is -0.367 e. The molecule has 15 heavy (non-hydrogen) atoms. The van der Waals surface area contributed by atoms with Crippen molar-refractivity contribution in [2.24, 2.45) is 5.41 Å². The Bertz CT molecular complexity index is 216. The number of hydrogen-bond acceptors (Lipinski definition) is 2. The van der Waals surface area contributed by atoms with Crippen LogP contribution >= 0.6 is 0 Å². The fourth-order valence-corrected chi connectivity index (χ4v) is 2.49. The standard InChI is InChI=1S/C13H27NO/c1-11(2,3)8-14-9-13(7,10-14)15-12(4,5)6/h8-10H2,1-7H3. The zero-order valence-electron chi connectivity index (χ0n) is 11.5. The third kappa shape index (κ3) is 4.52. The molecule has 0 unspecified atom stereocenters. The molecule has 2 nitrogen and oxygen atoms in total. The Balaban J connectivity index is 2.35. The summed E-state index contributed by atoms with van der Waals surface area (Å²) in [6.45, 7) is 18.8. The topological polar surface area (TPSA) is 12.5 Å². The maximum Gasteiger partial charge on any atom is 0.0914 e. The first-order valence-electron chi connectivity index (χ1n) is 5.92. The van der Waals surface area contributed by atoms with Crippen molar-refractivity contribution in [3.05, 3.63) is 0 Å². The van der Waals surface area contributed by atoms with Gasteiger partial charge in [-0.2, -0.15) is 0 Å². The lowest BCUT2D eigenvalue weighted by Crippen LogP contribution is -2.64. The third-order valence-corrected chi connectivity index (χ3v) is 2.37. The molecule has 1 fully saturated rings. The number of ether oxygens (including phenoxy) is 1. The lowest BCUT2D eigenvalue weighted by Gasteiger charge is -2.52. The van der Waals surface area contributed by atoms with E-state index in [0.29, 0.717) is 5.41 Å². The third-order valence-electron chi connectivity index (χ3n) is 2.37. The van der Waals surface area contributed by atoms with Crippen molar-refractivity contribution >= 4 is 0 Å². The van der Waals surface area contributed by atoms with Crippen LogP contribution in [-0.2, 0) is 4.74 Å². The predicted octanol–water partition coefficient (Wildman–Crippen LogP) is 2.92. The second-order valence-electron chi connectivity index (χ2n) is 7.37. The minimum absolute atomic E-state index is 0.0252. The van der Waals surface area contributed by atoms with E-state index in [-0.39, 0.29) is 11.2 Å². The van der Waals surface area contributed by atoms with Crippen LogP contribution in [0.2, 0.25) is 0 Å². The number of rotatable bonds is 2. The van der Waals surface area contributed by atoms with Crippen molar-refractivity contribution < 1.29 is 4.74 Å². The van der Waals surface area contributed by atoms with Crippen molar-refractivity contribution in [1.29, 1.82) is 0 Å². The van der Waals surface area contributed by atoms with Gasteiger partial charge in [0, 0.05) is 19.6 Å². The summed E-state index contributed by atoms with van der Waals surface area (Å²) in [4.78, 5) is 2.48. The van der Waals surface area contributed by atoms with Crippen LogP contribution in [0.25, 0.3) is 0 Å². The van der Waals surface area contributed by atoms with Crippen LogP contribution in [0.3, 0.4) is 0 Å². The highest BCUT2D eigenvalue weighted by Crippen LogP contribution is 2.31. The van der Waals surface area contributed by atoms with E-state index in [1.807, 2.05) is 0 Å². The van der Waals surface area contributed by atoms with Crippen LogP contribution in [-0.4, -0.2) is 35.7 Å². The average Bonchev–Trinajstić information content (AvgIpc) is 1.73. The van der Waals surface area contributed by atoms with Gasteiger partial charge in [0.2, 0.25) is 0 Å². The van der Waals surface area contributed by atoms with Gasteiger partial charge in [-0.05, 0) is 33.1 Å². The van der Waals surface area contributed by atoms with Crippen LogP contribution in [0.5, 0.6) is 0 Å². The fourth-order valence-electron chi connectivity index (χ4n) is 2.49. The van der Waals surface area contributed by atoms with Gasteiger partial charge >= 0.3 is 0 Å².